The van der Waals surface area contributed by atoms with Crippen molar-refractivity contribution >= 4 is 15.8 Å². The zero-order chi connectivity index (χ0) is 21.3. The average Bonchev–Trinajstić information content (AvgIpc) is 2.74. The van der Waals surface area contributed by atoms with E-state index in [4.69, 9.17) is 5.26 Å². The van der Waals surface area contributed by atoms with Gasteiger partial charge >= 0.3 is 0 Å². The summed E-state index contributed by atoms with van der Waals surface area (Å²) in [6.07, 6.45) is 6.71. The van der Waals surface area contributed by atoms with Crippen molar-refractivity contribution in [3.05, 3.63) is 34.9 Å². The number of phenolic OH excluding ortho intramolecular Hbond substituents is 1. The van der Waals surface area contributed by atoms with E-state index in [2.05, 4.69) is 15.5 Å². The molecule has 1 aromatic carbocycles. The van der Waals surface area contributed by atoms with Crippen LogP contribution < -0.4 is 5.32 Å². The van der Waals surface area contributed by atoms with E-state index < -0.39 is 10.0 Å². The van der Waals surface area contributed by atoms with Crippen molar-refractivity contribution in [2.45, 2.75) is 44.6 Å². The number of aromatic nitrogens is 2. The lowest BCUT2D eigenvalue weighted by atomic mass is 9.88. The van der Waals surface area contributed by atoms with Crippen molar-refractivity contribution in [2.24, 2.45) is 0 Å². The van der Waals surface area contributed by atoms with Gasteiger partial charge in [-0.15, -0.1) is 10.2 Å². The molecule has 1 atom stereocenters. The standard InChI is InChI=1S/C21H25N5O3S/c1-30(28,29)26-10-4-5-15(13-26)23-21-17-7-3-2-6-16(17)20(24-25-21)18-9-8-14(12-22)11-19(18)27/h8-9,11,15,27H,2-7,10,13H2,1H3,(H,23,25)/t15-/m1/s1. The van der Waals surface area contributed by atoms with Crippen LogP contribution in [-0.4, -0.2) is 53.4 Å². The van der Waals surface area contributed by atoms with Crippen LogP contribution >= 0.6 is 0 Å². The Labute approximate surface area is 176 Å². The molecular formula is C21H25N5O3S. The van der Waals surface area contributed by atoms with Gasteiger partial charge < -0.3 is 10.4 Å². The molecule has 0 radical (unpaired) electrons. The molecule has 0 spiro atoms. The third kappa shape index (κ3) is 4.11. The first-order valence-corrected chi connectivity index (χ1v) is 12.0. The highest BCUT2D eigenvalue weighted by molar-refractivity contribution is 7.88. The molecule has 2 N–H and O–H groups in total. The quantitative estimate of drug-likeness (QED) is 0.769. The number of phenols is 1. The molecule has 2 aromatic rings. The Morgan fingerprint density at radius 3 is 2.67 bits per heavy atom. The molecule has 0 saturated carbocycles. The number of nitrogens with one attached hydrogen (secondary N) is 1. The number of sulfonamides is 1. The number of benzene rings is 1. The van der Waals surface area contributed by atoms with Crippen molar-refractivity contribution in [1.82, 2.24) is 14.5 Å². The number of anilines is 1. The first-order chi connectivity index (χ1) is 14.4. The summed E-state index contributed by atoms with van der Waals surface area (Å²) in [7, 11) is -3.22. The van der Waals surface area contributed by atoms with Gasteiger partial charge in [-0.05, 0) is 62.3 Å². The molecule has 30 heavy (non-hydrogen) atoms. The first-order valence-electron chi connectivity index (χ1n) is 10.2. The molecular weight excluding hydrogens is 402 g/mol. The summed E-state index contributed by atoms with van der Waals surface area (Å²) in [5, 5.41) is 31.7. The third-order valence-electron chi connectivity index (χ3n) is 5.87. The van der Waals surface area contributed by atoms with E-state index in [1.54, 1.807) is 12.1 Å². The zero-order valence-corrected chi connectivity index (χ0v) is 17.7. The largest absolute Gasteiger partial charge is 0.507 e. The van der Waals surface area contributed by atoms with Crippen molar-refractivity contribution in [3.8, 4) is 23.1 Å². The highest BCUT2D eigenvalue weighted by Gasteiger charge is 2.28. The van der Waals surface area contributed by atoms with E-state index in [1.165, 1.54) is 16.6 Å². The highest BCUT2D eigenvalue weighted by Crippen LogP contribution is 2.37. The SMILES string of the molecule is CS(=O)(=O)N1CCC[C@@H](Nc2nnc(-c3ccc(C#N)cc3O)c3c2CCCC3)C1. The maximum atomic E-state index is 11.9. The van der Waals surface area contributed by atoms with Crippen LogP contribution in [0.2, 0.25) is 0 Å². The van der Waals surface area contributed by atoms with Gasteiger partial charge in [0.25, 0.3) is 0 Å². The maximum absolute atomic E-state index is 11.9. The van der Waals surface area contributed by atoms with E-state index in [0.29, 0.717) is 35.7 Å². The fraction of sp³-hybridized carbons (Fsp3) is 0.476. The van der Waals surface area contributed by atoms with Gasteiger partial charge in [0.2, 0.25) is 10.0 Å². The lowest BCUT2D eigenvalue weighted by molar-refractivity contribution is 0.328. The van der Waals surface area contributed by atoms with Gasteiger partial charge in [0.05, 0.1) is 17.9 Å². The molecule has 0 amide bonds. The molecule has 0 bridgehead atoms. The summed E-state index contributed by atoms with van der Waals surface area (Å²) in [6, 6.07) is 6.84. The summed E-state index contributed by atoms with van der Waals surface area (Å²) in [6.45, 7) is 0.977. The lowest BCUT2D eigenvalue weighted by Gasteiger charge is -2.32. The van der Waals surface area contributed by atoms with Gasteiger partial charge in [-0.1, -0.05) is 0 Å². The van der Waals surface area contributed by atoms with Crippen molar-refractivity contribution < 1.29 is 13.5 Å². The Bertz CT molecular complexity index is 1110. The van der Waals surface area contributed by atoms with E-state index in [0.717, 1.165) is 49.7 Å². The van der Waals surface area contributed by atoms with Crippen LogP contribution in [0.5, 0.6) is 5.75 Å². The molecule has 158 valence electrons. The Morgan fingerprint density at radius 2 is 1.97 bits per heavy atom. The van der Waals surface area contributed by atoms with Crippen molar-refractivity contribution in [2.75, 3.05) is 24.7 Å². The van der Waals surface area contributed by atoms with Crippen molar-refractivity contribution in [1.29, 1.82) is 5.26 Å². The van der Waals surface area contributed by atoms with Gasteiger partial charge in [-0.3, -0.25) is 0 Å². The zero-order valence-electron chi connectivity index (χ0n) is 16.9. The maximum Gasteiger partial charge on any atom is 0.211 e. The number of nitrogens with zero attached hydrogens (tertiary/aromatic N) is 4. The fourth-order valence-corrected chi connectivity index (χ4v) is 5.25. The van der Waals surface area contributed by atoms with Crippen LogP contribution in [0.4, 0.5) is 5.82 Å². The normalized spacial score (nSPS) is 19.7. The van der Waals surface area contributed by atoms with Gasteiger partial charge in [0.1, 0.15) is 11.4 Å². The predicted molar refractivity (Wildman–Crippen MR) is 114 cm³/mol. The van der Waals surface area contributed by atoms with Crippen molar-refractivity contribution in [3.63, 3.8) is 0 Å². The number of hydrogen-bond donors (Lipinski definition) is 2. The lowest BCUT2D eigenvalue weighted by Crippen LogP contribution is -2.44. The first kappa shape index (κ1) is 20.6. The average molecular weight is 428 g/mol. The summed E-state index contributed by atoms with van der Waals surface area (Å²) < 4.78 is 25.4. The second kappa shape index (κ2) is 8.20. The fourth-order valence-electron chi connectivity index (χ4n) is 4.34. The van der Waals surface area contributed by atoms with E-state index in [-0.39, 0.29) is 11.8 Å². The number of rotatable bonds is 4. The van der Waals surface area contributed by atoms with Crippen LogP contribution in [0.3, 0.4) is 0 Å². The summed E-state index contributed by atoms with van der Waals surface area (Å²) in [5.74, 6) is 0.731. The molecule has 9 heteroatoms. The second-order valence-electron chi connectivity index (χ2n) is 8.01. The molecule has 1 aliphatic carbocycles. The van der Waals surface area contributed by atoms with E-state index >= 15 is 0 Å². The van der Waals surface area contributed by atoms with Gasteiger partial charge in [0.15, 0.2) is 5.82 Å². The van der Waals surface area contributed by atoms with Crippen LogP contribution in [0.1, 0.15) is 42.4 Å². The Morgan fingerprint density at radius 1 is 1.20 bits per heavy atom. The Hall–Kier alpha value is -2.70. The molecule has 4 rings (SSSR count). The molecule has 1 aliphatic heterocycles. The molecule has 1 saturated heterocycles. The number of nitriles is 1. The second-order valence-corrected chi connectivity index (χ2v) is 9.99. The Kier molecular flexibility index (Phi) is 5.62. The molecule has 0 unspecified atom stereocenters. The number of aromatic hydroxyl groups is 1. The molecule has 2 aliphatic rings. The molecule has 8 nitrogen and oxygen atoms in total. The van der Waals surface area contributed by atoms with Gasteiger partial charge in [0, 0.05) is 30.3 Å². The number of fused-ring (bicyclic) bond motifs is 1. The smallest absolute Gasteiger partial charge is 0.211 e. The Balaban J connectivity index is 1.66. The number of hydrogen-bond acceptors (Lipinski definition) is 7. The number of piperidine rings is 1. The summed E-state index contributed by atoms with van der Waals surface area (Å²) in [4.78, 5) is 0. The molecule has 1 fully saturated rings. The van der Waals surface area contributed by atoms with E-state index in [9.17, 15) is 13.5 Å². The van der Waals surface area contributed by atoms with E-state index in [1.807, 2.05) is 6.07 Å². The minimum absolute atomic E-state index is 0.0111. The molecule has 2 heterocycles. The third-order valence-corrected chi connectivity index (χ3v) is 7.14. The highest BCUT2D eigenvalue weighted by atomic mass is 32.2. The summed E-state index contributed by atoms with van der Waals surface area (Å²) in [5.41, 5.74) is 3.77. The topological polar surface area (TPSA) is 119 Å². The minimum atomic E-state index is -3.22. The van der Waals surface area contributed by atoms with Crippen LogP contribution in [-0.2, 0) is 22.9 Å². The summed E-state index contributed by atoms with van der Waals surface area (Å²) >= 11 is 0. The van der Waals surface area contributed by atoms with Crippen LogP contribution in [0, 0.1) is 11.3 Å². The van der Waals surface area contributed by atoms with Crippen LogP contribution in [0.15, 0.2) is 18.2 Å². The predicted octanol–water partition coefficient (Wildman–Crippen LogP) is 2.44. The minimum Gasteiger partial charge on any atom is -0.507 e. The van der Waals surface area contributed by atoms with Gasteiger partial charge in [-0.25, -0.2) is 12.7 Å². The van der Waals surface area contributed by atoms with Gasteiger partial charge in [-0.2, -0.15) is 5.26 Å². The molecule has 1 aromatic heterocycles. The monoisotopic (exact) mass is 427 g/mol. The van der Waals surface area contributed by atoms with Crippen LogP contribution in [0.25, 0.3) is 11.3 Å².